The van der Waals surface area contributed by atoms with Crippen molar-refractivity contribution < 1.29 is 13.9 Å². The molecule has 2 N–H and O–H groups in total. The van der Waals surface area contributed by atoms with E-state index >= 15 is 0 Å². The predicted octanol–water partition coefficient (Wildman–Crippen LogP) is 4.74. The molecule has 0 aliphatic heterocycles. The van der Waals surface area contributed by atoms with Crippen LogP contribution in [0, 0.1) is 6.92 Å². The summed E-state index contributed by atoms with van der Waals surface area (Å²) in [6.45, 7) is 1.62. The number of aliphatic hydroxyl groups excluding tert-OH is 1. The molecule has 0 spiro atoms. The molecule has 2 heterocycles. The topological polar surface area (TPSA) is 58.0 Å². The molecule has 144 valence electrons. The van der Waals surface area contributed by atoms with Crippen LogP contribution in [0.2, 0.25) is 5.02 Å². The summed E-state index contributed by atoms with van der Waals surface area (Å²) >= 11 is 6.38. The van der Waals surface area contributed by atoms with Crippen molar-refractivity contribution in [2.75, 3.05) is 0 Å². The minimum atomic E-state index is -2.86. The summed E-state index contributed by atoms with van der Waals surface area (Å²) in [5, 5.41) is 11.6. The fraction of sp³-hybridized carbons (Fsp3) is 0.190. The second-order valence-corrected chi connectivity index (χ2v) is 7.12. The number of hydrogen-bond acceptors (Lipinski definition) is 2. The van der Waals surface area contributed by atoms with E-state index < -0.39 is 12.5 Å². The molecule has 0 radical (unpaired) electrons. The van der Waals surface area contributed by atoms with Crippen molar-refractivity contribution in [2.24, 2.45) is 0 Å². The van der Waals surface area contributed by atoms with Gasteiger partial charge in [0.2, 0.25) is 5.56 Å². The molecule has 0 fully saturated rings. The summed E-state index contributed by atoms with van der Waals surface area (Å²) in [5.74, 6) is 0. The van der Waals surface area contributed by atoms with Gasteiger partial charge in [0.1, 0.15) is 6.10 Å². The zero-order valence-electron chi connectivity index (χ0n) is 14.9. The number of nitrogens with zero attached hydrogens (tertiary/aromatic N) is 1. The highest BCUT2D eigenvalue weighted by atomic mass is 35.5. The Bertz CT molecular complexity index is 1230. The van der Waals surface area contributed by atoms with Crippen LogP contribution in [0.4, 0.5) is 8.78 Å². The van der Waals surface area contributed by atoms with Crippen LogP contribution >= 0.6 is 11.6 Å². The monoisotopic (exact) mass is 402 g/mol. The van der Waals surface area contributed by atoms with Gasteiger partial charge in [0.15, 0.2) is 0 Å². The average Bonchev–Trinajstić information content (AvgIpc) is 2.93. The number of benzene rings is 2. The molecule has 28 heavy (non-hydrogen) atoms. The van der Waals surface area contributed by atoms with E-state index in [4.69, 9.17) is 11.6 Å². The Hall–Kier alpha value is -2.70. The van der Waals surface area contributed by atoms with Crippen molar-refractivity contribution in [3.05, 3.63) is 69.5 Å². The van der Waals surface area contributed by atoms with E-state index in [-0.39, 0.29) is 12.1 Å². The molecule has 0 amide bonds. The lowest BCUT2D eigenvalue weighted by molar-refractivity contribution is -0.0127. The predicted molar refractivity (Wildman–Crippen MR) is 107 cm³/mol. The lowest BCUT2D eigenvalue weighted by Gasteiger charge is -2.16. The number of aliphatic hydroxyl groups is 1. The van der Waals surface area contributed by atoms with Gasteiger partial charge in [-0.2, -0.15) is 0 Å². The maximum Gasteiger partial charge on any atom is 0.265 e. The van der Waals surface area contributed by atoms with Crippen molar-refractivity contribution in [1.29, 1.82) is 0 Å². The largest absolute Gasteiger partial charge is 0.385 e. The van der Waals surface area contributed by atoms with Crippen molar-refractivity contribution >= 4 is 33.4 Å². The third-order valence-corrected chi connectivity index (χ3v) is 5.23. The lowest BCUT2D eigenvalue weighted by atomic mass is 10.0. The highest BCUT2D eigenvalue weighted by molar-refractivity contribution is 6.37. The number of hydrogen-bond donors (Lipinski definition) is 2. The molecular weight excluding hydrogens is 386 g/mol. The first-order valence-electron chi connectivity index (χ1n) is 8.74. The van der Waals surface area contributed by atoms with Gasteiger partial charge >= 0.3 is 0 Å². The molecule has 0 unspecified atom stereocenters. The van der Waals surface area contributed by atoms with Gasteiger partial charge in [-0.15, -0.1) is 0 Å². The SMILES string of the molecule is Cc1c(-c2ccccc2)n(C[C@@H](O)C(F)F)c2ccc3[nH]c(=O)cc(Cl)c3c12. The molecule has 2 aromatic heterocycles. The number of alkyl halides is 2. The molecule has 2 aromatic carbocycles. The first-order chi connectivity index (χ1) is 13.4. The van der Waals surface area contributed by atoms with Crippen LogP contribution in [0.25, 0.3) is 33.1 Å². The van der Waals surface area contributed by atoms with Gasteiger partial charge < -0.3 is 14.7 Å². The minimum absolute atomic E-state index is 0.265. The van der Waals surface area contributed by atoms with E-state index in [9.17, 15) is 18.7 Å². The zero-order chi connectivity index (χ0) is 20.0. The summed E-state index contributed by atoms with van der Waals surface area (Å²) in [5.41, 5.74) is 3.32. The highest BCUT2D eigenvalue weighted by Crippen LogP contribution is 2.39. The Morgan fingerprint density at radius 1 is 1.14 bits per heavy atom. The highest BCUT2D eigenvalue weighted by Gasteiger charge is 2.24. The third-order valence-electron chi connectivity index (χ3n) is 4.94. The summed E-state index contributed by atoms with van der Waals surface area (Å²) in [6, 6.07) is 14.1. The Morgan fingerprint density at radius 2 is 1.86 bits per heavy atom. The van der Waals surface area contributed by atoms with E-state index in [1.165, 1.54) is 6.07 Å². The first kappa shape index (κ1) is 18.7. The molecule has 0 aliphatic carbocycles. The van der Waals surface area contributed by atoms with Gasteiger partial charge in [-0.1, -0.05) is 41.9 Å². The molecule has 7 heteroatoms. The number of fused-ring (bicyclic) bond motifs is 3. The standard InChI is InChI=1S/C21H17ClF2N2O2/c1-11-18-15(8-7-14-19(18)13(22)9-17(28)25-14)26(10-16(27)21(23)24)20(11)12-5-3-2-4-6-12/h2-9,16,21,27H,10H2,1H3,(H,25,28)/t16-/m1/s1. The molecular formula is C21H17ClF2N2O2. The Kier molecular flexibility index (Phi) is 4.69. The Balaban J connectivity index is 2.12. The van der Waals surface area contributed by atoms with Crippen LogP contribution in [-0.4, -0.2) is 27.2 Å². The van der Waals surface area contributed by atoms with Crippen LogP contribution in [0.15, 0.2) is 53.3 Å². The van der Waals surface area contributed by atoms with Gasteiger partial charge in [0.05, 0.1) is 22.8 Å². The van der Waals surface area contributed by atoms with Crippen molar-refractivity contribution in [3.63, 3.8) is 0 Å². The number of pyridine rings is 1. The van der Waals surface area contributed by atoms with Gasteiger partial charge in [-0.25, -0.2) is 8.78 Å². The maximum atomic E-state index is 13.1. The summed E-state index contributed by atoms with van der Waals surface area (Å²) < 4.78 is 27.9. The quantitative estimate of drug-likeness (QED) is 0.518. The second-order valence-electron chi connectivity index (χ2n) is 6.72. The number of halogens is 3. The molecule has 0 saturated carbocycles. The van der Waals surface area contributed by atoms with Gasteiger partial charge in [-0.05, 0) is 30.2 Å². The van der Waals surface area contributed by atoms with E-state index in [0.29, 0.717) is 21.4 Å². The number of rotatable bonds is 4. The number of H-pyrrole nitrogens is 1. The van der Waals surface area contributed by atoms with Crippen LogP contribution in [0.5, 0.6) is 0 Å². The molecule has 0 aliphatic rings. The van der Waals surface area contributed by atoms with Crippen LogP contribution < -0.4 is 5.56 Å². The fourth-order valence-corrected chi connectivity index (χ4v) is 4.07. The van der Waals surface area contributed by atoms with E-state index in [1.807, 2.05) is 37.3 Å². The van der Waals surface area contributed by atoms with Gasteiger partial charge in [-0.3, -0.25) is 4.79 Å². The second kappa shape index (κ2) is 7.04. The van der Waals surface area contributed by atoms with E-state index in [1.54, 1.807) is 16.7 Å². The lowest BCUT2D eigenvalue weighted by Crippen LogP contribution is -2.24. The van der Waals surface area contributed by atoms with Crippen LogP contribution in [0.3, 0.4) is 0 Å². The molecule has 0 bridgehead atoms. The zero-order valence-corrected chi connectivity index (χ0v) is 15.7. The molecule has 4 nitrogen and oxygen atoms in total. The summed E-state index contributed by atoms with van der Waals surface area (Å²) in [6.07, 6.45) is -4.67. The summed E-state index contributed by atoms with van der Waals surface area (Å²) in [7, 11) is 0. The fourth-order valence-electron chi connectivity index (χ4n) is 3.77. The summed E-state index contributed by atoms with van der Waals surface area (Å²) in [4.78, 5) is 14.5. The number of aromatic nitrogens is 2. The maximum absolute atomic E-state index is 13.1. The molecule has 0 saturated heterocycles. The third kappa shape index (κ3) is 2.99. The normalized spacial score (nSPS) is 12.9. The average molecular weight is 403 g/mol. The number of aryl methyl sites for hydroxylation is 1. The van der Waals surface area contributed by atoms with Gasteiger partial charge in [0.25, 0.3) is 6.43 Å². The number of aromatic amines is 1. The molecule has 1 atom stereocenters. The molecule has 4 aromatic rings. The first-order valence-corrected chi connectivity index (χ1v) is 9.12. The van der Waals surface area contributed by atoms with Crippen LogP contribution in [-0.2, 0) is 6.54 Å². The van der Waals surface area contributed by atoms with E-state index in [2.05, 4.69) is 4.98 Å². The molecule has 4 rings (SSSR count). The van der Waals surface area contributed by atoms with Crippen molar-refractivity contribution in [3.8, 4) is 11.3 Å². The van der Waals surface area contributed by atoms with Crippen molar-refractivity contribution in [2.45, 2.75) is 26.0 Å². The number of nitrogens with one attached hydrogen (secondary N) is 1. The smallest absolute Gasteiger partial charge is 0.265 e. The minimum Gasteiger partial charge on any atom is -0.385 e. The van der Waals surface area contributed by atoms with Crippen LogP contribution in [0.1, 0.15) is 5.56 Å². The van der Waals surface area contributed by atoms with Crippen molar-refractivity contribution in [1.82, 2.24) is 9.55 Å². The van der Waals surface area contributed by atoms with Gasteiger partial charge in [0, 0.05) is 22.4 Å². The van der Waals surface area contributed by atoms with E-state index in [0.717, 1.165) is 22.2 Å². The Labute approximate surface area is 164 Å². The Morgan fingerprint density at radius 3 is 2.54 bits per heavy atom.